The van der Waals surface area contributed by atoms with Crippen LogP contribution in [0.4, 0.5) is 34.1 Å². The van der Waals surface area contributed by atoms with Gasteiger partial charge in [0.1, 0.15) is 5.69 Å². The van der Waals surface area contributed by atoms with Gasteiger partial charge in [0.2, 0.25) is 0 Å². The van der Waals surface area contributed by atoms with E-state index in [1.54, 1.807) is 10.4 Å². The molecule has 2 aliphatic heterocycles. The molecule has 1 aromatic heterocycles. The van der Waals surface area contributed by atoms with Crippen LogP contribution >= 0.6 is 11.3 Å². The van der Waals surface area contributed by atoms with Crippen LogP contribution in [0.3, 0.4) is 0 Å². The highest BCUT2D eigenvalue weighted by Gasteiger charge is 2.52. The lowest BCUT2D eigenvalue weighted by molar-refractivity contribution is 0.332. The number of rotatable bonds is 2. The van der Waals surface area contributed by atoms with Crippen LogP contribution in [0.25, 0.3) is 0 Å². The summed E-state index contributed by atoms with van der Waals surface area (Å²) < 4.78 is 1.51. The van der Waals surface area contributed by atoms with E-state index in [1.165, 1.54) is 103 Å². The number of thiophene rings is 1. The summed E-state index contributed by atoms with van der Waals surface area (Å²) in [5.74, 6) is 0. The largest absolute Gasteiger partial charge is 0.310 e. The summed E-state index contributed by atoms with van der Waals surface area (Å²) in [5.41, 5.74) is 20.6. The summed E-state index contributed by atoms with van der Waals surface area (Å²) in [6, 6.07) is 29.7. The van der Waals surface area contributed by atoms with Crippen LogP contribution < -0.4 is 25.5 Å². The average Bonchev–Trinajstić information content (AvgIpc) is 3.54. The summed E-state index contributed by atoms with van der Waals surface area (Å²) in [7, 11) is 0. The first-order chi connectivity index (χ1) is 26.8. The molecule has 0 radical (unpaired) electrons. The van der Waals surface area contributed by atoms with Crippen LogP contribution in [0.15, 0.2) is 54.6 Å². The van der Waals surface area contributed by atoms with Gasteiger partial charge in [0.15, 0.2) is 0 Å². The number of anilines is 6. The molecule has 4 aliphatic rings. The topological polar surface area (TPSA) is 6.48 Å². The van der Waals surface area contributed by atoms with Gasteiger partial charge in [0.05, 0.1) is 5.69 Å². The van der Waals surface area contributed by atoms with E-state index in [-0.39, 0.29) is 39.2 Å². The van der Waals surface area contributed by atoms with Crippen LogP contribution in [-0.2, 0) is 32.5 Å². The molecule has 0 unspecified atom stereocenters. The minimum atomic E-state index is -0.0127. The Labute approximate surface area is 355 Å². The molecule has 2 aliphatic carbocycles. The number of benzene rings is 3. The molecule has 4 heteroatoms. The van der Waals surface area contributed by atoms with Crippen molar-refractivity contribution < 1.29 is 0 Å². The third kappa shape index (κ3) is 5.79. The van der Waals surface area contributed by atoms with Crippen molar-refractivity contribution in [3.05, 3.63) is 111 Å². The van der Waals surface area contributed by atoms with Gasteiger partial charge in [-0.3, -0.25) is 0 Å². The Balaban J connectivity index is 1.43. The normalized spacial score (nSPS) is 19.4. The van der Waals surface area contributed by atoms with E-state index >= 15 is 0 Å². The monoisotopic (exact) mass is 784 g/mol. The molecule has 0 fully saturated rings. The highest BCUT2D eigenvalue weighted by atomic mass is 32.1. The molecule has 0 atom stereocenters. The summed E-state index contributed by atoms with van der Waals surface area (Å²) >= 11 is 2.13. The van der Waals surface area contributed by atoms with Gasteiger partial charge in [0.25, 0.3) is 6.71 Å². The van der Waals surface area contributed by atoms with Crippen molar-refractivity contribution in [2.75, 3.05) is 9.80 Å². The van der Waals surface area contributed by atoms with Gasteiger partial charge in [-0.25, -0.2) is 0 Å². The maximum atomic E-state index is 3.80. The minimum absolute atomic E-state index is 0.0127. The quantitative estimate of drug-likeness (QED) is 0.161. The third-order valence-corrected chi connectivity index (χ3v) is 16.3. The van der Waals surface area contributed by atoms with Crippen LogP contribution in [0.5, 0.6) is 0 Å². The lowest BCUT2D eigenvalue weighted by Crippen LogP contribution is -2.61. The fourth-order valence-corrected chi connectivity index (χ4v) is 12.5. The molecule has 0 saturated heterocycles. The summed E-state index contributed by atoms with van der Waals surface area (Å²) in [4.78, 5) is 6.88. The fourth-order valence-electron chi connectivity index (χ4n) is 10.8. The first-order valence-electron chi connectivity index (χ1n) is 22.0. The zero-order chi connectivity index (χ0) is 41.9. The molecule has 58 heavy (non-hydrogen) atoms. The van der Waals surface area contributed by atoms with E-state index in [9.17, 15) is 0 Å². The Bertz CT molecular complexity index is 2510. The molecule has 3 heterocycles. The zero-order valence-corrected chi connectivity index (χ0v) is 39.2. The van der Waals surface area contributed by atoms with Crippen molar-refractivity contribution in [1.82, 2.24) is 0 Å². The predicted octanol–water partition coefficient (Wildman–Crippen LogP) is 13.3. The highest BCUT2D eigenvalue weighted by Crippen LogP contribution is 2.57. The Morgan fingerprint density at radius 2 is 1.19 bits per heavy atom. The van der Waals surface area contributed by atoms with Crippen molar-refractivity contribution in [3.8, 4) is 0 Å². The molecular weight excluding hydrogens is 719 g/mol. The molecular formula is C54H65BN2S. The Hall–Kier alpha value is -3.94. The summed E-state index contributed by atoms with van der Waals surface area (Å²) in [5, 5.41) is 0. The fraction of sp³-hybridized carbons (Fsp3) is 0.481. The van der Waals surface area contributed by atoms with Gasteiger partial charge >= 0.3 is 0 Å². The Kier molecular flexibility index (Phi) is 8.39. The molecule has 0 amide bonds. The standard InChI is InChI=1S/C54H65BN2S/c1-32-27-42-45-43(28-32)57(40-22-19-35(29-33(40)2)50(6,7)8)41-31-38-37(51(9,10)23-24-52(38,11)12)30-39(41)55(45)48-46(44-47(58-48)54(15,16)26-25-53(44,13)14)56(42)36-20-17-34(18-21-36)49(3,4)5/h17-18,20-21,27-31H,23-26H2,1-16H3. The Morgan fingerprint density at radius 3 is 1.78 bits per heavy atom. The van der Waals surface area contributed by atoms with Gasteiger partial charge in [0, 0.05) is 38.0 Å². The van der Waals surface area contributed by atoms with Crippen molar-refractivity contribution >= 4 is 67.9 Å². The third-order valence-electron chi connectivity index (χ3n) is 14.7. The maximum Gasteiger partial charge on any atom is 0.264 e. The summed E-state index contributed by atoms with van der Waals surface area (Å²) in [6.07, 6.45) is 4.76. The molecule has 300 valence electrons. The molecule has 0 spiro atoms. The number of hydrogen-bond acceptors (Lipinski definition) is 3. The minimum Gasteiger partial charge on any atom is -0.310 e. The second-order valence-electron chi connectivity index (χ2n) is 23.2. The first-order valence-corrected chi connectivity index (χ1v) is 22.8. The van der Waals surface area contributed by atoms with E-state index < -0.39 is 0 Å². The van der Waals surface area contributed by atoms with Crippen LogP contribution in [0.2, 0.25) is 0 Å². The van der Waals surface area contributed by atoms with Crippen molar-refractivity contribution in [2.24, 2.45) is 0 Å². The lowest BCUT2D eigenvalue weighted by Gasteiger charge is -2.47. The number of fused-ring (bicyclic) bond motifs is 7. The second kappa shape index (κ2) is 12.3. The van der Waals surface area contributed by atoms with Crippen molar-refractivity contribution in [1.29, 1.82) is 0 Å². The number of hydrogen-bond donors (Lipinski definition) is 0. The molecule has 9 rings (SSSR count). The van der Waals surface area contributed by atoms with Crippen LogP contribution in [0, 0.1) is 26.0 Å². The number of nitrogens with zero attached hydrogens (tertiary/aromatic N) is 2. The molecule has 4 aromatic carbocycles. The molecule has 2 nitrogen and oxygen atoms in total. The predicted molar refractivity (Wildman–Crippen MR) is 253 cm³/mol. The summed E-state index contributed by atoms with van der Waals surface area (Å²) in [6.45, 7) is 38.4. The molecule has 0 saturated carbocycles. The zero-order valence-electron chi connectivity index (χ0n) is 38.4. The van der Waals surface area contributed by atoms with Crippen molar-refractivity contribution in [2.45, 2.75) is 169 Å². The van der Waals surface area contributed by atoms with Gasteiger partial charge in [-0.2, -0.15) is 11.3 Å². The molecule has 5 aromatic rings. The maximum absolute atomic E-state index is 3.80. The Morgan fingerprint density at radius 1 is 0.621 bits per heavy atom. The van der Waals surface area contributed by atoms with E-state index in [2.05, 4.69) is 199 Å². The van der Waals surface area contributed by atoms with Gasteiger partial charge < -0.3 is 9.80 Å². The van der Waals surface area contributed by atoms with Crippen LogP contribution in [0.1, 0.15) is 166 Å². The van der Waals surface area contributed by atoms with Gasteiger partial charge in [-0.15, -0.1) is 0 Å². The number of aryl methyl sites for hydroxylation is 2. The van der Waals surface area contributed by atoms with E-state index in [1.807, 2.05) is 0 Å². The van der Waals surface area contributed by atoms with Crippen LogP contribution in [-0.4, -0.2) is 6.71 Å². The molecule has 0 N–H and O–H groups in total. The highest BCUT2D eigenvalue weighted by molar-refractivity contribution is 7.29. The average molecular weight is 785 g/mol. The van der Waals surface area contributed by atoms with E-state index in [0.717, 1.165) is 5.69 Å². The first kappa shape index (κ1) is 39.5. The van der Waals surface area contributed by atoms with E-state index in [0.29, 0.717) is 0 Å². The smallest absolute Gasteiger partial charge is 0.264 e. The van der Waals surface area contributed by atoms with Gasteiger partial charge in [-0.05, 0) is 159 Å². The SMILES string of the molecule is Cc1cc2c3c(c1)N(c1ccc(C(C)(C)C)cc1)c1c(sc4c1C(C)(C)CCC4(C)C)B3c1cc3c(cc1N2c1c#cc(C(C)(C)C)cc1C)C(C)(C)CCC3(C)C. The second-order valence-corrected chi connectivity index (χ2v) is 24.3. The van der Waals surface area contributed by atoms with E-state index in [4.69, 9.17) is 0 Å². The molecule has 0 bridgehead atoms. The van der Waals surface area contributed by atoms with Crippen molar-refractivity contribution in [3.63, 3.8) is 0 Å². The lowest BCUT2D eigenvalue weighted by atomic mass is 9.35. The van der Waals surface area contributed by atoms with Gasteiger partial charge in [-0.1, -0.05) is 121 Å².